The van der Waals surface area contributed by atoms with Gasteiger partial charge in [-0.05, 0) is 26.8 Å². The number of hydrogen-bond donors (Lipinski definition) is 1. The van der Waals surface area contributed by atoms with Gasteiger partial charge < -0.3 is 5.32 Å². The Morgan fingerprint density at radius 3 is 2.42 bits per heavy atom. The molecule has 0 saturated heterocycles. The summed E-state index contributed by atoms with van der Waals surface area (Å²) in [6.45, 7) is 4.29. The first-order chi connectivity index (χ1) is 11.2. The van der Waals surface area contributed by atoms with Gasteiger partial charge in [0.25, 0.3) is 5.69 Å². The minimum absolute atomic E-state index is 0.102. The number of aryl methyl sites for hydroxylation is 1. The van der Waals surface area contributed by atoms with Gasteiger partial charge in [0.15, 0.2) is 0 Å². The van der Waals surface area contributed by atoms with Crippen LogP contribution >= 0.6 is 0 Å². The second kappa shape index (κ2) is 6.44. The van der Waals surface area contributed by atoms with E-state index in [9.17, 15) is 25.0 Å². The second-order valence-corrected chi connectivity index (χ2v) is 5.19. The normalized spacial score (nSPS) is 10.5. The van der Waals surface area contributed by atoms with E-state index >= 15 is 0 Å². The van der Waals surface area contributed by atoms with E-state index in [-0.39, 0.29) is 29.3 Å². The number of aromatic nitrogens is 2. The van der Waals surface area contributed by atoms with E-state index < -0.39 is 15.8 Å². The van der Waals surface area contributed by atoms with Crippen LogP contribution in [0.2, 0.25) is 0 Å². The Morgan fingerprint density at radius 2 is 1.88 bits per heavy atom. The number of rotatable bonds is 5. The number of anilines is 1. The molecule has 0 saturated carbocycles. The molecule has 1 amide bonds. The van der Waals surface area contributed by atoms with Gasteiger partial charge in [-0.25, -0.2) is 0 Å². The minimum Gasteiger partial charge on any atom is -0.324 e. The second-order valence-electron chi connectivity index (χ2n) is 5.19. The van der Waals surface area contributed by atoms with Crippen molar-refractivity contribution in [1.29, 1.82) is 0 Å². The van der Waals surface area contributed by atoms with Crippen LogP contribution in [0.1, 0.15) is 17.0 Å². The van der Waals surface area contributed by atoms with Crippen LogP contribution in [0.5, 0.6) is 0 Å². The molecule has 126 valence electrons. The molecule has 1 heterocycles. The third kappa shape index (κ3) is 3.21. The molecule has 0 aliphatic heterocycles. The van der Waals surface area contributed by atoms with E-state index in [1.165, 1.54) is 37.6 Å². The van der Waals surface area contributed by atoms with E-state index in [1.54, 1.807) is 6.07 Å². The molecular formula is C14H15N5O5. The quantitative estimate of drug-likeness (QED) is 0.659. The fourth-order valence-corrected chi connectivity index (χ4v) is 2.39. The van der Waals surface area contributed by atoms with Crippen LogP contribution in [0.15, 0.2) is 18.2 Å². The molecule has 0 bridgehead atoms. The standard InChI is InChI=1S/C14H15N5O5/c1-8-11(5-4-6-12(8)18(21)22)15-13(20)7-17-10(3)14(19(23)24)9(2)16-17/h4-6H,7H2,1-3H3,(H,15,20). The highest BCUT2D eigenvalue weighted by molar-refractivity contribution is 5.92. The molecule has 0 radical (unpaired) electrons. The lowest BCUT2D eigenvalue weighted by Gasteiger charge is -2.09. The molecular weight excluding hydrogens is 318 g/mol. The minimum atomic E-state index is -0.545. The first kappa shape index (κ1) is 17.1. The third-order valence-corrected chi connectivity index (χ3v) is 3.60. The number of carbonyl (C=O) groups is 1. The molecule has 1 N–H and O–H groups in total. The summed E-state index contributed by atoms with van der Waals surface area (Å²) in [5, 5.41) is 28.4. The summed E-state index contributed by atoms with van der Waals surface area (Å²) in [6, 6.07) is 4.36. The predicted octanol–water partition coefficient (Wildman–Crippen LogP) is 2.26. The molecule has 24 heavy (non-hydrogen) atoms. The molecule has 1 aromatic heterocycles. The molecule has 0 spiro atoms. The van der Waals surface area contributed by atoms with Crippen LogP contribution in [0, 0.1) is 41.0 Å². The first-order valence-electron chi connectivity index (χ1n) is 6.94. The smallest absolute Gasteiger partial charge is 0.312 e. The van der Waals surface area contributed by atoms with Gasteiger partial charge in [0.2, 0.25) is 5.91 Å². The van der Waals surface area contributed by atoms with Crippen molar-refractivity contribution in [3.05, 3.63) is 55.4 Å². The summed E-state index contributed by atoms with van der Waals surface area (Å²) in [5.74, 6) is -0.487. The van der Waals surface area contributed by atoms with Crippen LogP contribution in [-0.4, -0.2) is 25.5 Å². The summed E-state index contributed by atoms with van der Waals surface area (Å²) in [6.07, 6.45) is 0. The van der Waals surface area contributed by atoms with Gasteiger partial charge >= 0.3 is 5.69 Å². The Hall–Kier alpha value is -3.30. The molecule has 0 aliphatic rings. The first-order valence-corrected chi connectivity index (χ1v) is 6.94. The largest absolute Gasteiger partial charge is 0.324 e. The zero-order valence-electron chi connectivity index (χ0n) is 13.3. The van der Waals surface area contributed by atoms with Crippen molar-refractivity contribution in [1.82, 2.24) is 9.78 Å². The molecule has 10 nitrogen and oxygen atoms in total. The van der Waals surface area contributed by atoms with Gasteiger partial charge in [0, 0.05) is 6.07 Å². The van der Waals surface area contributed by atoms with Crippen LogP contribution in [0.25, 0.3) is 0 Å². The van der Waals surface area contributed by atoms with Gasteiger partial charge in [-0.3, -0.25) is 29.7 Å². The Balaban J connectivity index is 2.21. The van der Waals surface area contributed by atoms with Crippen LogP contribution < -0.4 is 5.32 Å². The van der Waals surface area contributed by atoms with Gasteiger partial charge in [-0.2, -0.15) is 5.10 Å². The van der Waals surface area contributed by atoms with Crippen LogP contribution in [0.3, 0.4) is 0 Å². The van der Waals surface area contributed by atoms with Gasteiger partial charge in [-0.1, -0.05) is 6.07 Å². The number of nitrogens with zero attached hydrogens (tertiary/aromatic N) is 4. The molecule has 1 aromatic carbocycles. The summed E-state index contributed by atoms with van der Waals surface area (Å²) in [7, 11) is 0. The number of amides is 1. The monoisotopic (exact) mass is 333 g/mol. The maximum absolute atomic E-state index is 12.1. The Labute approximate surface area is 136 Å². The maximum atomic E-state index is 12.1. The molecule has 0 aliphatic carbocycles. The molecule has 2 aromatic rings. The molecule has 0 fully saturated rings. The van der Waals surface area contributed by atoms with E-state index in [0.717, 1.165) is 0 Å². The summed E-state index contributed by atoms with van der Waals surface area (Å²) < 4.78 is 1.23. The van der Waals surface area contributed by atoms with Crippen molar-refractivity contribution in [3.63, 3.8) is 0 Å². The molecule has 0 unspecified atom stereocenters. The molecule has 10 heteroatoms. The average molecular weight is 333 g/mol. The number of hydrogen-bond acceptors (Lipinski definition) is 6. The SMILES string of the molecule is Cc1nn(CC(=O)Nc2cccc([N+](=O)[O-])c2C)c(C)c1[N+](=O)[O-]. The fourth-order valence-electron chi connectivity index (χ4n) is 2.39. The highest BCUT2D eigenvalue weighted by Gasteiger charge is 2.23. The number of nitro benzene ring substituents is 1. The zero-order valence-corrected chi connectivity index (χ0v) is 13.3. The lowest BCUT2D eigenvalue weighted by Crippen LogP contribution is -2.21. The van der Waals surface area contributed by atoms with E-state index in [2.05, 4.69) is 10.4 Å². The topological polar surface area (TPSA) is 133 Å². The lowest BCUT2D eigenvalue weighted by molar-refractivity contribution is -0.386. The van der Waals surface area contributed by atoms with E-state index in [4.69, 9.17) is 0 Å². The van der Waals surface area contributed by atoms with Crippen molar-refractivity contribution in [3.8, 4) is 0 Å². The molecule has 2 rings (SSSR count). The van der Waals surface area contributed by atoms with Crippen molar-refractivity contribution < 1.29 is 14.6 Å². The number of carbonyl (C=O) groups excluding carboxylic acids is 1. The molecule has 0 atom stereocenters. The van der Waals surface area contributed by atoms with Crippen molar-refractivity contribution in [2.75, 3.05) is 5.32 Å². The number of nitrogens with one attached hydrogen (secondary N) is 1. The van der Waals surface area contributed by atoms with Gasteiger partial charge in [0.05, 0.1) is 21.1 Å². The summed E-state index contributed by atoms with van der Waals surface area (Å²) >= 11 is 0. The van der Waals surface area contributed by atoms with Gasteiger partial charge in [0.1, 0.15) is 17.9 Å². The highest BCUT2D eigenvalue weighted by atomic mass is 16.6. The predicted molar refractivity (Wildman–Crippen MR) is 84.8 cm³/mol. The fraction of sp³-hybridized carbons (Fsp3) is 0.286. The average Bonchev–Trinajstić information content (AvgIpc) is 2.75. The number of benzene rings is 1. The Bertz CT molecular complexity index is 842. The van der Waals surface area contributed by atoms with Crippen molar-refractivity contribution >= 4 is 23.0 Å². The van der Waals surface area contributed by atoms with Crippen LogP contribution in [-0.2, 0) is 11.3 Å². The van der Waals surface area contributed by atoms with Gasteiger partial charge in [-0.15, -0.1) is 0 Å². The van der Waals surface area contributed by atoms with Crippen molar-refractivity contribution in [2.45, 2.75) is 27.3 Å². The van der Waals surface area contributed by atoms with Crippen LogP contribution in [0.4, 0.5) is 17.1 Å². The zero-order chi connectivity index (χ0) is 18.0. The Morgan fingerprint density at radius 1 is 1.21 bits per heavy atom. The summed E-state index contributed by atoms with van der Waals surface area (Å²) in [5.41, 5.74) is 0.893. The van der Waals surface area contributed by atoms with E-state index in [0.29, 0.717) is 11.3 Å². The van der Waals surface area contributed by atoms with E-state index in [1.807, 2.05) is 0 Å². The maximum Gasteiger partial charge on any atom is 0.312 e. The highest BCUT2D eigenvalue weighted by Crippen LogP contribution is 2.25. The van der Waals surface area contributed by atoms with Crippen molar-refractivity contribution in [2.24, 2.45) is 0 Å². The summed E-state index contributed by atoms with van der Waals surface area (Å²) in [4.78, 5) is 32.9. The Kier molecular flexibility index (Phi) is 4.58. The lowest BCUT2D eigenvalue weighted by atomic mass is 10.1. The third-order valence-electron chi connectivity index (χ3n) is 3.60. The number of nitro groups is 2.